The van der Waals surface area contributed by atoms with E-state index < -0.39 is 24.4 Å². The molecule has 0 amide bonds. The van der Waals surface area contributed by atoms with Gasteiger partial charge in [0.25, 0.3) is 0 Å². The second kappa shape index (κ2) is 6.28. The third-order valence-corrected chi connectivity index (χ3v) is 1.95. The van der Waals surface area contributed by atoms with Crippen molar-refractivity contribution in [2.24, 2.45) is 0 Å². The van der Waals surface area contributed by atoms with E-state index >= 15 is 0 Å². The molecule has 0 bridgehead atoms. The van der Waals surface area contributed by atoms with Gasteiger partial charge in [-0.25, -0.2) is 0 Å². The van der Waals surface area contributed by atoms with E-state index in [-0.39, 0.29) is 6.61 Å². The van der Waals surface area contributed by atoms with Gasteiger partial charge in [-0.3, -0.25) is 0 Å². The van der Waals surface area contributed by atoms with E-state index in [1.807, 2.05) is 0 Å². The fourth-order valence-electron chi connectivity index (χ4n) is 1.10. The number of ether oxygens (including phenoxy) is 2. The normalized spacial score (nSPS) is 20.8. The molecule has 0 aliphatic rings. The zero-order valence-corrected chi connectivity index (χ0v) is 8.17. The topological polar surface area (TPSA) is 79.2 Å². The summed E-state index contributed by atoms with van der Waals surface area (Å²) >= 11 is 0. The molecular formula is C8H18O5. The molecule has 0 radical (unpaired) electrons. The van der Waals surface area contributed by atoms with Crippen LogP contribution >= 0.6 is 0 Å². The molecule has 0 aromatic rings. The van der Waals surface area contributed by atoms with Crippen LogP contribution in [-0.4, -0.2) is 60.6 Å². The molecule has 0 aromatic carbocycles. The van der Waals surface area contributed by atoms with Gasteiger partial charge in [0.05, 0.1) is 12.7 Å². The van der Waals surface area contributed by atoms with Gasteiger partial charge in [0, 0.05) is 14.2 Å². The van der Waals surface area contributed by atoms with Crippen molar-refractivity contribution in [2.45, 2.75) is 31.3 Å². The van der Waals surface area contributed by atoms with Crippen LogP contribution in [-0.2, 0) is 9.47 Å². The second-order valence-electron chi connectivity index (χ2n) is 2.89. The van der Waals surface area contributed by atoms with Crippen molar-refractivity contribution in [3.8, 4) is 0 Å². The minimum atomic E-state index is -1.07. The number of aliphatic hydroxyl groups excluding tert-OH is 3. The summed E-state index contributed by atoms with van der Waals surface area (Å²) in [7, 11) is 2.79. The Labute approximate surface area is 77.9 Å². The zero-order chi connectivity index (χ0) is 10.4. The molecular weight excluding hydrogens is 176 g/mol. The van der Waals surface area contributed by atoms with E-state index in [1.54, 1.807) is 0 Å². The standard InChI is InChI=1S/C8H18O5/c1-5(10)7(11)8(13-3)6(4-9)12-2/h5-11H,4H2,1-3H3/t5-,6+,7+,8-/m0/s1. The van der Waals surface area contributed by atoms with Crippen LogP contribution in [0.25, 0.3) is 0 Å². The van der Waals surface area contributed by atoms with E-state index in [1.165, 1.54) is 21.1 Å². The number of methoxy groups -OCH3 is 2. The van der Waals surface area contributed by atoms with Gasteiger partial charge in [-0.05, 0) is 6.92 Å². The molecule has 0 heterocycles. The van der Waals surface area contributed by atoms with Crippen molar-refractivity contribution in [2.75, 3.05) is 20.8 Å². The summed E-state index contributed by atoms with van der Waals surface area (Å²) in [6, 6.07) is 0. The van der Waals surface area contributed by atoms with Gasteiger partial charge in [-0.15, -0.1) is 0 Å². The second-order valence-corrected chi connectivity index (χ2v) is 2.89. The summed E-state index contributed by atoms with van der Waals surface area (Å²) in [6.07, 6.45) is -3.35. The molecule has 0 rings (SSSR count). The van der Waals surface area contributed by atoms with Crippen LogP contribution in [0.1, 0.15) is 6.92 Å². The van der Waals surface area contributed by atoms with Crippen LogP contribution in [0.5, 0.6) is 0 Å². The molecule has 13 heavy (non-hydrogen) atoms. The molecule has 80 valence electrons. The third kappa shape index (κ3) is 3.58. The van der Waals surface area contributed by atoms with Crippen LogP contribution in [0.4, 0.5) is 0 Å². The average molecular weight is 194 g/mol. The van der Waals surface area contributed by atoms with E-state index in [2.05, 4.69) is 0 Å². The Hall–Kier alpha value is -0.200. The Morgan fingerprint density at radius 3 is 1.92 bits per heavy atom. The first kappa shape index (κ1) is 12.8. The summed E-state index contributed by atoms with van der Waals surface area (Å²) in [5.74, 6) is 0. The van der Waals surface area contributed by atoms with Gasteiger partial charge in [0.1, 0.15) is 18.3 Å². The van der Waals surface area contributed by atoms with Crippen molar-refractivity contribution >= 4 is 0 Å². The highest BCUT2D eigenvalue weighted by Crippen LogP contribution is 2.10. The van der Waals surface area contributed by atoms with Gasteiger partial charge in [0.15, 0.2) is 0 Å². The smallest absolute Gasteiger partial charge is 0.114 e. The Bertz CT molecular complexity index is 122. The summed E-state index contributed by atoms with van der Waals surface area (Å²) in [6.45, 7) is 1.18. The Morgan fingerprint density at radius 1 is 1.15 bits per heavy atom. The van der Waals surface area contributed by atoms with Crippen LogP contribution in [0.3, 0.4) is 0 Å². The van der Waals surface area contributed by atoms with Crippen molar-refractivity contribution in [3.63, 3.8) is 0 Å². The van der Waals surface area contributed by atoms with Crippen LogP contribution < -0.4 is 0 Å². The quantitative estimate of drug-likeness (QED) is 0.492. The summed E-state index contributed by atoms with van der Waals surface area (Å²) in [4.78, 5) is 0. The summed E-state index contributed by atoms with van der Waals surface area (Å²) in [5.41, 5.74) is 0. The van der Waals surface area contributed by atoms with E-state index in [9.17, 15) is 5.11 Å². The van der Waals surface area contributed by atoms with Crippen molar-refractivity contribution in [1.82, 2.24) is 0 Å². The molecule has 5 nitrogen and oxygen atoms in total. The van der Waals surface area contributed by atoms with E-state index in [4.69, 9.17) is 19.7 Å². The van der Waals surface area contributed by atoms with Crippen LogP contribution in [0, 0.1) is 0 Å². The molecule has 0 fully saturated rings. The molecule has 0 saturated heterocycles. The zero-order valence-electron chi connectivity index (χ0n) is 8.17. The molecule has 0 saturated carbocycles. The van der Waals surface area contributed by atoms with E-state index in [0.717, 1.165) is 0 Å². The minimum absolute atomic E-state index is 0.265. The first-order valence-corrected chi connectivity index (χ1v) is 4.11. The van der Waals surface area contributed by atoms with Gasteiger partial charge >= 0.3 is 0 Å². The molecule has 3 N–H and O–H groups in total. The highest BCUT2D eigenvalue weighted by Gasteiger charge is 2.30. The summed E-state index contributed by atoms with van der Waals surface area (Å²) < 4.78 is 9.80. The molecule has 0 aliphatic carbocycles. The number of hydrogen-bond donors (Lipinski definition) is 3. The lowest BCUT2D eigenvalue weighted by molar-refractivity contribution is -0.136. The predicted octanol–water partition coefficient (Wildman–Crippen LogP) is -1.25. The van der Waals surface area contributed by atoms with Gasteiger partial charge in [-0.1, -0.05) is 0 Å². The van der Waals surface area contributed by atoms with Crippen molar-refractivity contribution in [3.05, 3.63) is 0 Å². The Morgan fingerprint density at radius 2 is 1.69 bits per heavy atom. The van der Waals surface area contributed by atoms with E-state index in [0.29, 0.717) is 0 Å². The largest absolute Gasteiger partial charge is 0.394 e. The molecule has 0 aliphatic heterocycles. The first-order chi connectivity index (χ1) is 6.08. The lowest BCUT2D eigenvalue weighted by atomic mass is 10.0. The minimum Gasteiger partial charge on any atom is -0.394 e. The van der Waals surface area contributed by atoms with Crippen molar-refractivity contribution in [1.29, 1.82) is 0 Å². The molecule has 4 atom stereocenters. The Balaban J connectivity index is 4.29. The maximum atomic E-state index is 9.45. The SMILES string of the molecule is CO[C@H]([C@H](O)[C@H](C)O)[C@@H](CO)OC. The highest BCUT2D eigenvalue weighted by atomic mass is 16.5. The fourth-order valence-corrected chi connectivity index (χ4v) is 1.10. The van der Waals surface area contributed by atoms with Crippen LogP contribution in [0.2, 0.25) is 0 Å². The van der Waals surface area contributed by atoms with Gasteiger partial charge in [-0.2, -0.15) is 0 Å². The Kier molecular flexibility index (Phi) is 6.19. The number of aliphatic hydroxyl groups is 3. The highest BCUT2D eigenvalue weighted by molar-refractivity contribution is 4.80. The third-order valence-electron chi connectivity index (χ3n) is 1.95. The molecule has 5 heteroatoms. The van der Waals surface area contributed by atoms with Gasteiger partial charge in [0.2, 0.25) is 0 Å². The molecule has 0 aromatic heterocycles. The maximum Gasteiger partial charge on any atom is 0.114 e. The average Bonchev–Trinajstić information content (AvgIpc) is 2.12. The van der Waals surface area contributed by atoms with Crippen molar-refractivity contribution < 1.29 is 24.8 Å². The predicted molar refractivity (Wildman–Crippen MR) is 46.4 cm³/mol. The summed E-state index contributed by atoms with van der Waals surface area (Å²) in [5, 5.41) is 27.4. The number of hydrogen-bond acceptors (Lipinski definition) is 5. The number of rotatable bonds is 6. The van der Waals surface area contributed by atoms with Gasteiger partial charge < -0.3 is 24.8 Å². The molecule has 0 spiro atoms. The monoisotopic (exact) mass is 194 g/mol. The maximum absolute atomic E-state index is 9.45. The lowest BCUT2D eigenvalue weighted by Crippen LogP contribution is -2.46. The lowest BCUT2D eigenvalue weighted by Gasteiger charge is -2.28. The first-order valence-electron chi connectivity index (χ1n) is 4.11. The fraction of sp³-hybridized carbons (Fsp3) is 1.00. The molecule has 0 unspecified atom stereocenters. The van der Waals surface area contributed by atoms with Crippen LogP contribution in [0.15, 0.2) is 0 Å².